The molecule has 2 spiro atoms. The standard InChI is InChI=1S/C59H37NS.C53H35N/c1-2-13-38(14-3-1)39-27-31-42(32-28-39)60(43-33-29-40(30-34-43)45-20-12-22-51-49-19-6-9-26-56(49)61-58(45)51)44-35-36-48-46-17-4-7-23-52(46)59(55(48)37-44)53-24-8-5-18-47(53)50-21-10-15-41-16-11-25-54(59)57(41)50;1-3-13-36(14-4-1)38-25-29-41(30-26-38)54(42-31-27-39(28-32-42)37-15-5-2-6-16-37)43-33-34-46-44-19-7-9-22-48(44)53(51(46)35-43)49-23-10-8-20-45(49)47-21-11-17-40-18-12-24-50(53)52(40)47/h1-37H;1-35H. The third-order valence-corrected chi connectivity index (χ3v) is 26.2. The number of anilines is 6. The van der Waals surface area contributed by atoms with Gasteiger partial charge in [-0.25, -0.2) is 0 Å². The summed E-state index contributed by atoms with van der Waals surface area (Å²) >= 11 is 1.88. The van der Waals surface area contributed by atoms with E-state index in [2.05, 4.69) is 447 Å². The number of thiophene rings is 1. The van der Waals surface area contributed by atoms with E-state index in [4.69, 9.17) is 0 Å². The minimum absolute atomic E-state index is 0.480. The maximum absolute atomic E-state index is 2.50. The number of hydrogen-bond acceptors (Lipinski definition) is 3. The minimum atomic E-state index is -0.498. The number of fused-ring (bicyclic) bond motifs is 21. The Bertz CT molecular complexity index is 7160. The zero-order chi connectivity index (χ0) is 75.7. The molecule has 115 heavy (non-hydrogen) atoms. The molecule has 4 aliphatic rings. The molecule has 1 aromatic heterocycles. The van der Waals surface area contributed by atoms with Crippen molar-refractivity contribution in [2.75, 3.05) is 9.80 Å². The van der Waals surface area contributed by atoms with Gasteiger partial charge in [0.25, 0.3) is 0 Å². The van der Waals surface area contributed by atoms with Gasteiger partial charge in [0.05, 0.1) is 10.8 Å². The molecule has 0 aliphatic heterocycles. The molecule has 2 atom stereocenters. The number of benzene rings is 19. The third kappa shape index (κ3) is 10.2. The summed E-state index contributed by atoms with van der Waals surface area (Å²) in [5.41, 5.74) is 36.6. The van der Waals surface area contributed by atoms with Crippen molar-refractivity contribution >= 4 is 87.2 Å². The van der Waals surface area contributed by atoms with Crippen LogP contribution in [0.25, 0.3) is 131 Å². The molecule has 24 rings (SSSR count). The second kappa shape index (κ2) is 26.6. The van der Waals surface area contributed by atoms with Crippen molar-refractivity contribution in [3.05, 3.63) is 481 Å². The van der Waals surface area contributed by atoms with E-state index in [1.165, 1.54) is 175 Å². The van der Waals surface area contributed by atoms with Gasteiger partial charge < -0.3 is 9.80 Å². The fourth-order valence-electron chi connectivity index (χ4n) is 20.1. The van der Waals surface area contributed by atoms with Crippen LogP contribution in [0, 0.1) is 0 Å². The van der Waals surface area contributed by atoms with Gasteiger partial charge in [0.2, 0.25) is 0 Å². The SMILES string of the molecule is c1ccc(-c2ccc(N(c3ccc(-c4cccc5c4sc4ccccc45)cc3)c3ccc4c(c3)C3(c5ccccc5-4)c4ccccc4-c4cccc5cccc3c45)cc2)cc1.c1ccc(-c2ccc(N(c3ccc(-c4ccccc4)cc3)c3ccc4c(c3)C3(c5ccccc5-4)c4ccccc4-c4cccc5cccc3c45)cc2)cc1. The first-order valence-electron chi connectivity index (χ1n) is 39.9. The summed E-state index contributed by atoms with van der Waals surface area (Å²) in [5.74, 6) is 0. The van der Waals surface area contributed by atoms with E-state index in [0.29, 0.717) is 0 Å². The van der Waals surface area contributed by atoms with Gasteiger partial charge in [-0.2, -0.15) is 0 Å². The summed E-state index contributed by atoms with van der Waals surface area (Å²) in [5, 5.41) is 7.88. The Morgan fingerprint density at radius 1 is 0.174 bits per heavy atom. The zero-order valence-electron chi connectivity index (χ0n) is 62.9. The average Bonchev–Trinajstić information content (AvgIpc) is 1.56. The fraction of sp³-hybridized carbons (Fsp3) is 0.0179. The number of nitrogens with zero attached hydrogens (tertiary/aromatic N) is 2. The lowest BCUT2D eigenvalue weighted by Gasteiger charge is -2.40. The maximum atomic E-state index is 2.50. The molecule has 0 N–H and O–H groups in total. The number of rotatable bonds is 10. The normalized spacial score (nSPS) is 14.7. The first kappa shape index (κ1) is 66.3. The summed E-state index contributed by atoms with van der Waals surface area (Å²) in [6, 6.07) is 162. The van der Waals surface area contributed by atoms with Crippen molar-refractivity contribution in [1.82, 2.24) is 0 Å². The van der Waals surface area contributed by atoms with Crippen LogP contribution in [0.3, 0.4) is 0 Å². The molecule has 0 saturated carbocycles. The molecule has 19 aromatic carbocycles. The van der Waals surface area contributed by atoms with E-state index in [1.807, 2.05) is 11.3 Å². The van der Waals surface area contributed by atoms with Crippen LogP contribution in [0.2, 0.25) is 0 Å². The van der Waals surface area contributed by atoms with E-state index >= 15 is 0 Å². The quantitative estimate of drug-likeness (QED) is 0.135. The van der Waals surface area contributed by atoms with Crippen molar-refractivity contribution in [3.63, 3.8) is 0 Å². The monoisotopic (exact) mass is 1480 g/mol. The van der Waals surface area contributed by atoms with Gasteiger partial charge in [0.1, 0.15) is 0 Å². The molecule has 536 valence electrons. The van der Waals surface area contributed by atoms with Gasteiger partial charge in [-0.3, -0.25) is 0 Å². The van der Waals surface area contributed by atoms with Crippen LogP contribution >= 0.6 is 11.3 Å². The van der Waals surface area contributed by atoms with E-state index < -0.39 is 10.8 Å². The maximum Gasteiger partial charge on any atom is 0.0726 e. The molecule has 3 heteroatoms. The average molecular weight is 1480 g/mol. The van der Waals surface area contributed by atoms with Crippen LogP contribution in [0.15, 0.2) is 437 Å². The van der Waals surface area contributed by atoms with Crippen molar-refractivity contribution in [2.24, 2.45) is 0 Å². The summed E-state index contributed by atoms with van der Waals surface area (Å²) in [4.78, 5) is 4.86. The van der Waals surface area contributed by atoms with Gasteiger partial charge >= 0.3 is 0 Å². The summed E-state index contributed by atoms with van der Waals surface area (Å²) in [6.07, 6.45) is 0. The topological polar surface area (TPSA) is 6.48 Å². The first-order valence-corrected chi connectivity index (χ1v) is 40.7. The third-order valence-electron chi connectivity index (χ3n) is 25.0. The fourth-order valence-corrected chi connectivity index (χ4v) is 21.3. The first-order chi connectivity index (χ1) is 57.0. The highest BCUT2D eigenvalue weighted by Crippen LogP contribution is 2.65. The molecule has 4 aliphatic carbocycles. The highest BCUT2D eigenvalue weighted by Gasteiger charge is 2.52. The molecule has 1 heterocycles. The lowest BCUT2D eigenvalue weighted by Crippen LogP contribution is -2.32. The lowest BCUT2D eigenvalue weighted by atomic mass is 9.61. The van der Waals surface area contributed by atoms with Crippen molar-refractivity contribution in [2.45, 2.75) is 10.8 Å². The Morgan fingerprint density at radius 2 is 0.452 bits per heavy atom. The highest BCUT2D eigenvalue weighted by atomic mass is 32.1. The lowest BCUT2D eigenvalue weighted by molar-refractivity contribution is 0.773. The van der Waals surface area contributed by atoms with E-state index in [9.17, 15) is 0 Å². The summed E-state index contributed by atoms with van der Waals surface area (Å²) in [7, 11) is 0. The van der Waals surface area contributed by atoms with Crippen LogP contribution < -0.4 is 9.80 Å². The largest absolute Gasteiger partial charge is 0.310 e. The Labute approximate surface area is 673 Å². The molecule has 20 aromatic rings. The van der Waals surface area contributed by atoms with Crippen LogP contribution in [0.5, 0.6) is 0 Å². The van der Waals surface area contributed by atoms with Crippen molar-refractivity contribution < 1.29 is 0 Å². The predicted octanol–water partition coefficient (Wildman–Crippen LogP) is 30.3. The summed E-state index contributed by atoms with van der Waals surface area (Å²) in [6.45, 7) is 0. The molecule has 0 saturated heterocycles. The second-order valence-corrected chi connectivity index (χ2v) is 31.8. The molecule has 0 amide bonds. The molecule has 2 unspecified atom stereocenters. The number of hydrogen-bond donors (Lipinski definition) is 0. The van der Waals surface area contributed by atoms with Crippen LogP contribution in [-0.2, 0) is 10.8 Å². The molecule has 2 nitrogen and oxygen atoms in total. The molecular formula is C112H72N2S. The van der Waals surface area contributed by atoms with Gasteiger partial charge in [-0.15, -0.1) is 11.3 Å². The predicted molar refractivity (Wildman–Crippen MR) is 484 cm³/mol. The van der Waals surface area contributed by atoms with Crippen LogP contribution in [0.1, 0.15) is 44.5 Å². The molecular weight excluding hydrogens is 1410 g/mol. The van der Waals surface area contributed by atoms with Gasteiger partial charge in [0.15, 0.2) is 0 Å². The minimum Gasteiger partial charge on any atom is -0.310 e. The summed E-state index contributed by atoms with van der Waals surface area (Å²) < 4.78 is 2.65. The van der Waals surface area contributed by atoms with E-state index in [0.717, 1.165) is 34.1 Å². The smallest absolute Gasteiger partial charge is 0.0726 e. The van der Waals surface area contributed by atoms with Gasteiger partial charge in [0, 0.05) is 54.3 Å². The Kier molecular flexibility index (Phi) is 15.3. The van der Waals surface area contributed by atoms with Crippen LogP contribution in [-0.4, -0.2) is 0 Å². The Hall–Kier alpha value is -14.5. The Balaban J connectivity index is 0.000000137. The van der Waals surface area contributed by atoms with E-state index in [1.54, 1.807) is 0 Å². The van der Waals surface area contributed by atoms with Crippen LogP contribution in [0.4, 0.5) is 34.1 Å². The Morgan fingerprint density at radius 3 is 0.861 bits per heavy atom. The molecule has 0 radical (unpaired) electrons. The zero-order valence-corrected chi connectivity index (χ0v) is 63.7. The van der Waals surface area contributed by atoms with Gasteiger partial charge in [-0.1, -0.05) is 358 Å². The van der Waals surface area contributed by atoms with E-state index in [-0.39, 0.29) is 0 Å². The van der Waals surface area contributed by atoms with Gasteiger partial charge in [-0.05, 0) is 234 Å². The van der Waals surface area contributed by atoms with Crippen molar-refractivity contribution in [3.8, 4) is 89.0 Å². The molecule has 0 bridgehead atoms. The van der Waals surface area contributed by atoms with Crippen molar-refractivity contribution in [1.29, 1.82) is 0 Å². The molecule has 0 fully saturated rings. The highest BCUT2D eigenvalue weighted by molar-refractivity contribution is 7.26. The second-order valence-electron chi connectivity index (χ2n) is 30.8.